The maximum Gasteiger partial charge on any atom is 0.0907 e. The third-order valence-corrected chi connectivity index (χ3v) is 1.44. The lowest BCUT2D eigenvalue weighted by Gasteiger charge is -2.07. The van der Waals surface area contributed by atoms with Crippen LogP contribution < -0.4 is 0 Å². The molecule has 0 radical (unpaired) electrons. The standard InChI is InChI=1S/C6H6N2O/c9-8-4-2-5-6(8)1-3-7-5/h1-3,9H,4H2. The smallest absolute Gasteiger partial charge is 0.0907 e. The molecule has 1 N–H and O–H groups in total. The van der Waals surface area contributed by atoms with Gasteiger partial charge >= 0.3 is 0 Å². The van der Waals surface area contributed by atoms with Crippen molar-refractivity contribution in [2.45, 2.75) is 0 Å². The van der Waals surface area contributed by atoms with Crippen molar-refractivity contribution >= 4 is 6.21 Å². The first-order valence-corrected chi connectivity index (χ1v) is 2.79. The highest BCUT2D eigenvalue weighted by Gasteiger charge is 2.19. The Morgan fingerprint density at radius 3 is 3.33 bits per heavy atom. The summed E-state index contributed by atoms with van der Waals surface area (Å²) in [6.45, 7) is 0.568. The second-order valence-electron chi connectivity index (χ2n) is 2.00. The number of nitrogens with zero attached hydrogens (tertiary/aromatic N) is 2. The summed E-state index contributed by atoms with van der Waals surface area (Å²) < 4.78 is 0. The molecule has 2 rings (SSSR count). The van der Waals surface area contributed by atoms with Crippen molar-refractivity contribution in [1.82, 2.24) is 5.06 Å². The molecule has 0 atom stereocenters. The number of hydroxylamine groups is 2. The summed E-state index contributed by atoms with van der Waals surface area (Å²) in [5.74, 6) is 0. The molecule has 0 aromatic rings. The molecular formula is C6H6N2O. The fraction of sp³-hybridized carbons (Fsp3) is 0.167. The highest BCUT2D eigenvalue weighted by Crippen LogP contribution is 2.23. The van der Waals surface area contributed by atoms with Crippen molar-refractivity contribution in [1.29, 1.82) is 0 Å². The lowest BCUT2D eigenvalue weighted by Crippen LogP contribution is -2.11. The summed E-state index contributed by atoms with van der Waals surface area (Å²) in [5.41, 5.74) is 1.70. The molecule has 0 aliphatic carbocycles. The largest absolute Gasteiger partial charge is 0.288 e. The molecule has 3 heteroatoms. The van der Waals surface area contributed by atoms with E-state index in [1.807, 2.05) is 6.08 Å². The molecule has 0 bridgehead atoms. The Morgan fingerprint density at radius 1 is 1.67 bits per heavy atom. The minimum absolute atomic E-state index is 0.568. The Morgan fingerprint density at radius 2 is 2.56 bits per heavy atom. The van der Waals surface area contributed by atoms with E-state index in [-0.39, 0.29) is 0 Å². The summed E-state index contributed by atoms with van der Waals surface area (Å²) in [6, 6.07) is 0. The number of fused-ring (bicyclic) bond motifs is 1. The predicted molar refractivity (Wildman–Crippen MR) is 33.2 cm³/mol. The van der Waals surface area contributed by atoms with Gasteiger partial charge in [-0.3, -0.25) is 15.3 Å². The van der Waals surface area contributed by atoms with Crippen LogP contribution in [-0.2, 0) is 0 Å². The topological polar surface area (TPSA) is 35.8 Å². The molecule has 0 saturated heterocycles. The van der Waals surface area contributed by atoms with Crippen LogP contribution in [0.4, 0.5) is 0 Å². The van der Waals surface area contributed by atoms with Crippen LogP contribution in [-0.4, -0.2) is 23.0 Å². The van der Waals surface area contributed by atoms with Crippen LogP contribution >= 0.6 is 0 Å². The van der Waals surface area contributed by atoms with E-state index in [2.05, 4.69) is 4.99 Å². The second kappa shape index (κ2) is 1.45. The molecule has 3 nitrogen and oxygen atoms in total. The van der Waals surface area contributed by atoms with Gasteiger partial charge < -0.3 is 0 Å². The van der Waals surface area contributed by atoms with Gasteiger partial charge in [-0.15, -0.1) is 0 Å². The molecule has 0 aromatic carbocycles. The number of aliphatic imine (C=N–C) groups is 1. The fourth-order valence-electron chi connectivity index (χ4n) is 0.987. The molecule has 2 heterocycles. The lowest BCUT2D eigenvalue weighted by atomic mass is 10.4. The van der Waals surface area contributed by atoms with Gasteiger partial charge in [-0.2, -0.15) is 0 Å². The number of rotatable bonds is 0. The summed E-state index contributed by atoms with van der Waals surface area (Å²) in [4.78, 5) is 3.99. The van der Waals surface area contributed by atoms with E-state index in [4.69, 9.17) is 5.21 Å². The van der Waals surface area contributed by atoms with Gasteiger partial charge in [0.15, 0.2) is 0 Å². The van der Waals surface area contributed by atoms with Gasteiger partial charge in [0.05, 0.1) is 17.9 Å². The minimum atomic E-state index is 0.568. The first-order valence-electron chi connectivity index (χ1n) is 2.79. The average Bonchev–Trinajstić information content (AvgIpc) is 2.35. The van der Waals surface area contributed by atoms with Gasteiger partial charge in [-0.1, -0.05) is 0 Å². The van der Waals surface area contributed by atoms with E-state index in [1.54, 1.807) is 12.3 Å². The Hall–Kier alpha value is -1.09. The lowest BCUT2D eigenvalue weighted by molar-refractivity contribution is -0.0345. The van der Waals surface area contributed by atoms with Crippen molar-refractivity contribution in [2.24, 2.45) is 4.99 Å². The van der Waals surface area contributed by atoms with Crippen LogP contribution in [0.3, 0.4) is 0 Å². The summed E-state index contributed by atoms with van der Waals surface area (Å²) in [5, 5.41) is 10.2. The van der Waals surface area contributed by atoms with Gasteiger partial charge in [0, 0.05) is 6.21 Å². The third-order valence-electron chi connectivity index (χ3n) is 1.44. The zero-order chi connectivity index (χ0) is 6.27. The normalized spacial score (nSPS) is 22.1. The first-order chi connectivity index (χ1) is 4.38. The minimum Gasteiger partial charge on any atom is -0.288 e. The van der Waals surface area contributed by atoms with E-state index in [0.717, 1.165) is 11.4 Å². The SMILES string of the molecule is ON1CC=C2N=CC=C21. The molecular weight excluding hydrogens is 116 g/mol. The monoisotopic (exact) mass is 122 g/mol. The van der Waals surface area contributed by atoms with E-state index in [9.17, 15) is 0 Å². The number of allylic oxidation sites excluding steroid dienone is 1. The van der Waals surface area contributed by atoms with Crippen molar-refractivity contribution in [3.05, 3.63) is 23.5 Å². The van der Waals surface area contributed by atoms with Crippen molar-refractivity contribution < 1.29 is 5.21 Å². The summed E-state index contributed by atoms with van der Waals surface area (Å²) >= 11 is 0. The number of hydrogen-bond acceptors (Lipinski definition) is 3. The molecule has 0 fully saturated rings. The molecule has 0 unspecified atom stereocenters. The Bertz CT molecular complexity index is 227. The van der Waals surface area contributed by atoms with Crippen LogP contribution in [0.1, 0.15) is 0 Å². The third kappa shape index (κ3) is 0.519. The van der Waals surface area contributed by atoms with Gasteiger partial charge in [0.1, 0.15) is 0 Å². The zero-order valence-corrected chi connectivity index (χ0v) is 4.78. The number of hydrogen-bond donors (Lipinski definition) is 1. The predicted octanol–water partition coefficient (Wildman–Crippen LogP) is 0.543. The molecule has 0 amide bonds. The molecule has 46 valence electrons. The van der Waals surface area contributed by atoms with Gasteiger partial charge in [-0.25, -0.2) is 0 Å². The summed E-state index contributed by atoms with van der Waals surface area (Å²) in [6.07, 6.45) is 5.36. The average molecular weight is 122 g/mol. The van der Waals surface area contributed by atoms with Crippen molar-refractivity contribution in [2.75, 3.05) is 6.54 Å². The fourth-order valence-corrected chi connectivity index (χ4v) is 0.987. The molecule has 0 spiro atoms. The highest BCUT2D eigenvalue weighted by molar-refractivity contribution is 5.79. The quantitative estimate of drug-likeness (QED) is 0.509. The molecule has 9 heavy (non-hydrogen) atoms. The maximum atomic E-state index is 9.03. The van der Waals surface area contributed by atoms with Gasteiger partial charge in [0.25, 0.3) is 0 Å². The van der Waals surface area contributed by atoms with Crippen LogP contribution in [0.25, 0.3) is 0 Å². The van der Waals surface area contributed by atoms with E-state index in [0.29, 0.717) is 6.54 Å². The van der Waals surface area contributed by atoms with Crippen molar-refractivity contribution in [3.63, 3.8) is 0 Å². The molecule has 2 aliphatic rings. The maximum absolute atomic E-state index is 9.03. The highest BCUT2D eigenvalue weighted by atomic mass is 16.5. The Balaban J connectivity index is 2.42. The zero-order valence-electron chi connectivity index (χ0n) is 4.78. The molecule has 0 aromatic heterocycles. The van der Waals surface area contributed by atoms with Crippen LogP contribution in [0, 0.1) is 0 Å². The van der Waals surface area contributed by atoms with Gasteiger partial charge in [-0.05, 0) is 12.2 Å². The second-order valence-corrected chi connectivity index (χ2v) is 2.00. The van der Waals surface area contributed by atoms with Gasteiger partial charge in [0.2, 0.25) is 0 Å². The molecule has 0 saturated carbocycles. The van der Waals surface area contributed by atoms with Crippen LogP contribution in [0.2, 0.25) is 0 Å². The first kappa shape index (κ1) is 4.76. The van der Waals surface area contributed by atoms with Crippen LogP contribution in [0.5, 0.6) is 0 Å². The molecule has 2 aliphatic heterocycles. The van der Waals surface area contributed by atoms with E-state index in [1.165, 1.54) is 5.06 Å². The van der Waals surface area contributed by atoms with E-state index < -0.39 is 0 Å². The Kier molecular flexibility index (Phi) is 0.765. The van der Waals surface area contributed by atoms with E-state index >= 15 is 0 Å². The summed E-state index contributed by atoms with van der Waals surface area (Å²) in [7, 11) is 0. The Labute approximate surface area is 52.6 Å². The van der Waals surface area contributed by atoms with Crippen LogP contribution in [0.15, 0.2) is 28.5 Å². The van der Waals surface area contributed by atoms with Crippen molar-refractivity contribution in [3.8, 4) is 0 Å².